The zero-order chi connectivity index (χ0) is 13.3. The number of halogens is 2. The molecule has 0 bridgehead atoms. The molecule has 1 aromatic heterocycles. The quantitative estimate of drug-likeness (QED) is 0.892. The molecule has 1 atom stereocenters. The number of carboxylic acid groups (broad SMARTS) is 1. The summed E-state index contributed by atoms with van der Waals surface area (Å²) in [5.41, 5.74) is 0. The average molecular weight is 260 g/mol. The van der Waals surface area contributed by atoms with Gasteiger partial charge in [-0.15, -0.1) is 5.10 Å². The van der Waals surface area contributed by atoms with Crippen LogP contribution in [0.4, 0.5) is 8.78 Å². The van der Waals surface area contributed by atoms with E-state index < -0.39 is 17.9 Å². The van der Waals surface area contributed by atoms with E-state index in [9.17, 15) is 13.6 Å². The van der Waals surface area contributed by atoms with E-state index in [1.807, 2.05) is 0 Å². The third-order valence-electron chi connectivity index (χ3n) is 3.32. The number of carbonyl (C=O) groups is 1. The Labute approximate surface area is 102 Å². The van der Waals surface area contributed by atoms with Crippen LogP contribution in [-0.2, 0) is 4.79 Å². The summed E-state index contributed by atoms with van der Waals surface area (Å²) in [6, 6.07) is -0.891. The second-order valence-corrected chi connectivity index (χ2v) is 4.63. The molecule has 0 radical (unpaired) electrons. The topological polar surface area (TPSA) is 80.9 Å². The van der Waals surface area contributed by atoms with Gasteiger partial charge < -0.3 is 5.11 Å². The first kappa shape index (κ1) is 12.8. The zero-order valence-corrected chi connectivity index (χ0v) is 9.88. The Morgan fingerprint density at radius 1 is 1.50 bits per heavy atom. The van der Waals surface area contributed by atoms with Crippen LogP contribution in [-0.4, -0.2) is 37.2 Å². The fraction of sp³-hybridized carbons (Fsp3) is 0.800. The van der Waals surface area contributed by atoms with Gasteiger partial charge in [0, 0.05) is 18.8 Å². The first-order chi connectivity index (χ1) is 8.41. The lowest BCUT2D eigenvalue weighted by molar-refractivity contribution is -0.140. The van der Waals surface area contributed by atoms with Crippen molar-refractivity contribution in [1.82, 2.24) is 20.2 Å². The van der Waals surface area contributed by atoms with E-state index in [1.165, 1.54) is 11.6 Å². The number of nitrogens with zero attached hydrogens (tertiary/aromatic N) is 4. The van der Waals surface area contributed by atoms with Crippen molar-refractivity contribution in [3.05, 3.63) is 5.82 Å². The number of hydrogen-bond donors (Lipinski definition) is 1. The first-order valence-electron chi connectivity index (χ1n) is 5.79. The fourth-order valence-corrected chi connectivity index (χ4v) is 2.15. The summed E-state index contributed by atoms with van der Waals surface area (Å²) in [5, 5.41) is 19.8. The molecule has 1 fully saturated rings. The Morgan fingerprint density at radius 3 is 2.67 bits per heavy atom. The normalized spacial score (nSPS) is 21.7. The van der Waals surface area contributed by atoms with Crippen molar-refractivity contribution in [2.45, 2.75) is 50.5 Å². The highest BCUT2D eigenvalue weighted by molar-refractivity contribution is 5.71. The Bertz CT molecular complexity index is 439. The Balaban J connectivity index is 2.15. The molecular formula is C10H14F2N4O2. The van der Waals surface area contributed by atoms with Crippen molar-refractivity contribution in [1.29, 1.82) is 0 Å². The number of alkyl halides is 2. The molecule has 0 saturated heterocycles. The minimum absolute atomic E-state index is 0.193. The molecule has 6 nitrogen and oxygen atoms in total. The summed E-state index contributed by atoms with van der Waals surface area (Å²) < 4.78 is 27.3. The van der Waals surface area contributed by atoms with Crippen LogP contribution in [0.1, 0.15) is 50.4 Å². The molecule has 1 unspecified atom stereocenters. The van der Waals surface area contributed by atoms with E-state index in [1.54, 1.807) is 0 Å². The van der Waals surface area contributed by atoms with Crippen LogP contribution in [0.5, 0.6) is 0 Å². The summed E-state index contributed by atoms with van der Waals surface area (Å²) in [5.74, 6) is -3.47. The van der Waals surface area contributed by atoms with Crippen LogP contribution in [0.25, 0.3) is 0 Å². The molecule has 0 aromatic carbocycles. The Morgan fingerprint density at radius 2 is 2.11 bits per heavy atom. The largest absolute Gasteiger partial charge is 0.480 e. The van der Waals surface area contributed by atoms with Gasteiger partial charge in [-0.25, -0.2) is 18.3 Å². The van der Waals surface area contributed by atoms with Gasteiger partial charge in [0.05, 0.1) is 0 Å². The van der Waals surface area contributed by atoms with Crippen LogP contribution >= 0.6 is 0 Å². The lowest BCUT2D eigenvalue weighted by Gasteiger charge is -2.27. The number of rotatable bonds is 3. The van der Waals surface area contributed by atoms with Gasteiger partial charge in [0.25, 0.3) is 0 Å². The predicted molar refractivity (Wildman–Crippen MR) is 56.3 cm³/mol. The Hall–Kier alpha value is -1.60. The fourth-order valence-electron chi connectivity index (χ4n) is 2.15. The van der Waals surface area contributed by atoms with Crippen LogP contribution < -0.4 is 0 Å². The van der Waals surface area contributed by atoms with Crippen molar-refractivity contribution in [3.8, 4) is 0 Å². The molecule has 0 spiro atoms. The SMILES string of the molecule is CC(C(=O)O)n1nnnc1C1CCC(F)(F)CC1. The monoisotopic (exact) mass is 260 g/mol. The van der Waals surface area contributed by atoms with Crippen molar-refractivity contribution in [2.75, 3.05) is 0 Å². The number of aromatic nitrogens is 4. The van der Waals surface area contributed by atoms with Gasteiger partial charge >= 0.3 is 5.97 Å². The highest BCUT2D eigenvalue weighted by atomic mass is 19.3. The predicted octanol–water partition coefficient (Wildman–Crippen LogP) is 1.61. The van der Waals surface area contributed by atoms with E-state index in [0.717, 1.165) is 0 Å². The van der Waals surface area contributed by atoms with Crippen molar-refractivity contribution < 1.29 is 18.7 Å². The van der Waals surface area contributed by atoms with E-state index in [-0.39, 0.29) is 31.6 Å². The van der Waals surface area contributed by atoms with Gasteiger partial charge in [-0.1, -0.05) is 0 Å². The smallest absolute Gasteiger partial charge is 0.328 e. The summed E-state index contributed by atoms with van der Waals surface area (Å²) in [4.78, 5) is 10.9. The number of tetrazole rings is 1. The van der Waals surface area contributed by atoms with Crippen LogP contribution in [0.2, 0.25) is 0 Å². The van der Waals surface area contributed by atoms with Crippen molar-refractivity contribution in [3.63, 3.8) is 0 Å². The lowest BCUT2D eigenvalue weighted by Crippen LogP contribution is -2.27. The number of aliphatic carboxylic acids is 1. The molecule has 1 aromatic rings. The van der Waals surface area contributed by atoms with E-state index >= 15 is 0 Å². The maximum Gasteiger partial charge on any atom is 0.328 e. The van der Waals surface area contributed by atoms with E-state index in [2.05, 4.69) is 15.5 Å². The molecule has 1 aliphatic carbocycles. The van der Waals surface area contributed by atoms with Crippen molar-refractivity contribution >= 4 is 5.97 Å². The van der Waals surface area contributed by atoms with E-state index in [4.69, 9.17) is 5.11 Å². The second kappa shape index (κ2) is 4.58. The standard InChI is InChI=1S/C10H14F2N4O2/c1-6(9(17)18)16-8(13-14-15-16)7-2-4-10(11,12)5-3-7/h6-7H,2-5H2,1H3,(H,17,18). The summed E-state index contributed by atoms with van der Waals surface area (Å²) in [7, 11) is 0. The van der Waals surface area contributed by atoms with Crippen LogP contribution in [0.3, 0.4) is 0 Å². The third kappa shape index (κ3) is 2.46. The summed E-state index contributed by atoms with van der Waals surface area (Å²) in [6.07, 6.45) is 0.150. The molecule has 1 heterocycles. The average Bonchev–Trinajstić information content (AvgIpc) is 2.76. The van der Waals surface area contributed by atoms with Gasteiger partial charge in [0.2, 0.25) is 5.92 Å². The minimum atomic E-state index is -2.62. The maximum absolute atomic E-state index is 13.1. The molecular weight excluding hydrogens is 246 g/mol. The molecule has 1 N–H and O–H groups in total. The highest BCUT2D eigenvalue weighted by Crippen LogP contribution is 2.40. The first-order valence-corrected chi connectivity index (χ1v) is 5.79. The molecule has 8 heteroatoms. The second-order valence-electron chi connectivity index (χ2n) is 4.63. The van der Waals surface area contributed by atoms with Gasteiger partial charge in [-0.05, 0) is 30.2 Å². The summed E-state index contributed by atoms with van der Waals surface area (Å²) in [6.45, 7) is 1.46. The highest BCUT2D eigenvalue weighted by Gasteiger charge is 2.37. The summed E-state index contributed by atoms with van der Waals surface area (Å²) >= 11 is 0. The Kier molecular flexibility index (Phi) is 3.27. The zero-order valence-electron chi connectivity index (χ0n) is 9.88. The molecule has 1 aliphatic rings. The van der Waals surface area contributed by atoms with Crippen molar-refractivity contribution in [2.24, 2.45) is 0 Å². The maximum atomic E-state index is 13.1. The molecule has 1 saturated carbocycles. The van der Waals surface area contributed by atoms with Crippen LogP contribution in [0, 0.1) is 0 Å². The lowest BCUT2D eigenvalue weighted by atomic mass is 9.86. The van der Waals surface area contributed by atoms with Gasteiger partial charge in [-0.2, -0.15) is 0 Å². The molecule has 0 aliphatic heterocycles. The molecule has 100 valence electrons. The third-order valence-corrected chi connectivity index (χ3v) is 3.32. The minimum Gasteiger partial charge on any atom is -0.480 e. The van der Waals surface area contributed by atoms with Gasteiger partial charge in [0.15, 0.2) is 5.82 Å². The number of carboxylic acids is 1. The van der Waals surface area contributed by atoms with Crippen LogP contribution in [0.15, 0.2) is 0 Å². The molecule has 18 heavy (non-hydrogen) atoms. The van der Waals surface area contributed by atoms with E-state index in [0.29, 0.717) is 5.82 Å². The molecule has 2 rings (SSSR count). The number of hydrogen-bond acceptors (Lipinski definition) is 4. The molecule has 0 amide bonds. The van der Waals surface area contributed by atoms with Gasteiger partial charge in [0.1, 0.15) is 6.04 Å². The van der Waals surface area contributed by atoms with Gasteiger partial charge in [-0.3, -0.25) is 0 Å².